The lowest BCUT2D eigenvalue weighted by molar-refractivity contribution is -0.145. The van der Waals surface area contributed by atoms with Crippen LogP contribution in [0.25, 0.3) is 0 Å². The van der Waals surface area contributed by atoms with Crippen LogP contribution >= 0.6 is 0 Å². The van der Waals surface area contributed by atoms with Crippen LogP contribution in [0.3, 0.4) is 0 Å². The largest absolute Gasteiger partial charge is 0.395 e. The molecule has 0 spiro atoms. The maximum Gasteiger partial charge on any atom is 0.109 e. The average Bonchev–Trinajstić information content (AvgIpc) is 2.78. The maximum absolute atomic E-state index is 10.0. The van der Waals surface area contributed by atoms with Crippen molar-refractivity contribution in [1.82, 2.24) is 4.90 Å². The second-order valence-corrected chi connectivity index (χ2v) is 10.1. The van der Waals surface area contributed by atoms with Crippen molar-refractivity contribution in [2.75, 3.05) is 32.9 Å². The molecule has 30 heavy (non-hydrogen) atoms. The van der Waals surface area contributed by atoms with Crippen LogP contribution in [0.4, 0.5) is 0 Å². The van der Waals surface area contributed by atoms with Gasteiger partial charge in [-0.2, -0.15) is 0 Å². The Morgan fingerprint density at radius 2 is 1.47 bits per heavy atom. The minimum Gasteiger partial charge on any atom is -0.395 e. The normalized spacial score (nSPS) is 36.8. The monoisotopic (exact) mass is 427 g/mol. The summed E-state index contributed by atoms with van der Waals surface area (Å²) in [6.07, 6.45) is 12.5. The zero-order valence-corrected chi connectivity index (χ0v) is 18.7. The minimum absolute atomic E-state index is 0.211. The molecule has 3 rings (SSSR count). The number of rotatable bonds is 10. The number of likely N-dealkylation sites (tertiary alicyclic amines) is 1. The predicted molar refractivity (Wildman–Crippen MR) is 117 cm³/mol. The van der Waals surface area contributed by atoms with Gasteiger partial charge in [-0.25, -0.2) is 0 Å². The van der Waals surface area contributed by atoms with Gasteiger partial charge in [0.1, 0.15) is 12.2 Å². The fourth-order valence-electron chi connectivity index (χ4n) is 6.01. The van der Waals surface area contributed by atoms with E-state index in [-0.39, 0.29) is 6.61 Å². The van der Waals surface area contributed by atoms with Crippen molar-refractivity contribution in [3.63, 3.8) is 0 Å². The summed E-state index contributed by atoms with van der Waals surface area (Å²) >= 11 is 0. The van der Waals surface area contributed by atoms with Gasteiger partial charge >= 0.3 is 0 Å². The summed E-state index contributed by atoms with van der Waals surface area (Å²) in [6, 6.07) is -0.497. The van der Waals surface area contributed by atoms with Gasteiger partial charge in [0.05, 0.1) is 18.8 Å². The predicted octanol–water partition coefficient (Wildman–Crippen LogP) is 2.32. The summed E-state index contributed by atoms with van der Waals surface area (Å²) in [4.78, 5) is 1.90. The topological polar surface area (TPSA) is 93.4 Å². The van der Waals surface area contributed by atoms with Crippen LogP contribution in [0, 0.1) is 17.8 Å². The van der Waals surface area contributed by atoms with Crippen LogP contribution in [-0.4, -0.2) is 82.6 Å². The second-order valence-electron chi connectivity index (χ2n) is 10.1. The third-order valence-electron chi connectivity index (χ3n) is 8.01. The smallest absolute Gasteiger partial charge is 0.109 e. The number of ether oxygens (including phenoxy) is 1. The first-order chi connectivity index (χ1) is 14.6. The molecule has 176 valence electrons. The Hall–Kier alpha value is -0.240. The summed E-state index contributed by atoms with van der Waals surface area (Å²) in [5.41, 5.74) is 0. The van der Waals surface area contributed by atoms with Gasteiger partial charge in [0.2, 0.25) is 0 Å². The number of β-amino-alcohol motifs (C(OH)–C–C–N with tert-alkyl or cyclic N) is 1. The molecular weight excluding hydrogens is 382 g/mol. The number of aliphatic hydroxyl groups excluding tert-OH is 4. The van der Waals surface area contributed by atoms with Crippen LogP contribution in [0.1, 0.15) is 77.0 Å². The first-order valence-electron chi connectivity index (χ1n) is 12.6. The molecule has 0 amide bonds. The van der Waals surface area contributed by atoms with Crippen LogP contribution in [0.5, 0.6) is 0 Å². The number of nitrogens with zero attached hydrogens (tertiary/aromatic N) is 1. The molecule has 1 aliphatic heterocycles. The van der Waals surface area contributed by atoms with E-state index in [1.54, 1.807) is 0 Å². The van der Waals surface area contributed by atoms with Crippen LogP contribution in [0.15, 0.2) is 0 Å². The van der Waals surface area contributed by atoms with Gasteiger partial charge in [0, 0.05) is 19.8 Å². The van der Waals surface area contributed by atoms with E-state index in [1.165, 1.54) is 57.8 Å². The molecule has 4 N–H and O–H groups in total. The molecule has 3 aliphatic rings. The molecule has 6 nitrogen and oxygen atoms in total. The van der Waals surface area contributed by atoms with Gasteiger partial charge in [-0.05, 0) is 69.2 Å². The Balaban J connectivity index is 1.21. The lowest BCUT2D eigenvalue weighted by atomic mass is 9.71. The summed E-state index contributed by atoms with van der Waals surface area (Å²) in [5.74, 6) is 2.74. The lowest BCUT2D eigenvalue weighted by Gasteiger charge is -2.43. The van der Waals surface area contributed by atoms with E-state index in [4.69, 9.17) is 4.74 Å². The molecule has 2 aliphatic carbocycles. The quantitative estimate of drug-likeness (QED) is 0.400. The second kappa shape index (κ2) is 12.7. The zero-order chi connectivity index (χ0) is 21.3. The fraction of sp³-hybridized carbons (Fsp3) is 1.00. The molecule has 4 atom stereocenters. The molecule has 1 saturated heterocycles. The number of piperidine rings is 1. The molecule has 0 bridgehead atoms. The Morgan fingerprint density at radius 3 is 2.17 bits per heavy atom. The van der Waals surface area contributed by atoms with E-state index >= 15 is 0 Å². The van der Waals surface area contributed by atoms with Crippen molar-refractivity contribution in [2.24, 2.45) is 17.8 Å². The van der Waals surface area contributed by atoms with Gasteiger partial charge in [-0.1, -0.05) is 32.1 Å². The summed E-state index contributed by atoms with van der Waals surface area (Å²) < 4.78 is 5.97. The molecule has 1 heterocycles. The summed E-state index contributed by atoms with van der Waals surface area (Å²) in [6.45, 7) is 2.50. The van der Waals surface area contributed by atoms with Gasteiger partial charge < -0.3 is 25.2 Å². The Morgan fingerprint density at radius 1 is 0.767 bits per heavy atom. The molecule has 3 fully saturated rings. The lowest BCUT2D eigenvalue weighted by Crippen LogP contribution is -2.62. The summed E-state index contributed by atoms with van der Waals surface area (Å²) in [7, 11) is 0. The highest BCUT2D eigenvalue weighted by atomic mass is 16.5. The van der Waals surface area contributed by atoms with Gasteiger partial charge in [-0.15, -0.1) is 0 Å². The van der Waals surface area contributed by atoms with Crippen molar-refractivity contribution >= 4 is 0 Å². The number of hydrogen-bond acceptors (Lipinski definition) is 6. The standard InChI is InChI=1S/C24H45NO5/c26-16-21-23(28)24(29)22(27)15-25(21)13-5-2-6-14-30-17-18-9-11-20(12-10-18)19-7-3-1-4-8-19/h18-24,26-29H,1-17H2/t18?,20?,21-,22+,23-,24-/m1/s1. The Kier molecular flexibility index (Phi) is 10.3. The van der Waals surface area contributed by atoms with Crippen molar-refractivity contribution in [3.8, 4) is 0 Å². The molecule has 6 heteroatoms. The van der Waals surface area contributed by atoms with Crippen molar-refractivity contribution in [3.05, 3.63) is 0 Å². The van der Waals surface area contributed by atoms with Crippen molar-refractivity contribution < 1.29 is 25.2 Å². The maximum atomic E-state index is 10.0. The first-order valence-corrected chi connectivity index (χ1v) is 12.6. The third-order valence-corrected chi connectivity index (χ3v) is 8.01. The van der Waals surface area contributed by atoms with Gasteiger partial charge in [0.25, 0.3) is 0 Å². The first kappa shape index (κ1) is 24.4. The van der Waals surface area contributed by atoms with E-state index < -0.39 is 24.4 Å². The number of aliphatic hydroxyl groups is 4. The van der Waals surface area contributed by atoms with Crippen LogP contribution in [-0.2, 0) is 4.74 Å². The highest BCUT2D eigenvalue weighted by Gasteiger charge is 2.40. The highest BCUT2D eigenvalue weighted by molar-refractivity contribution is 4.94. The highest BCUT2D eigenvalue weighted by Crippen LogP contribution is 2.39. The molecule has 0 aromatic rings. The third kappa shape index (κ3) is 6.88. The average molecular weight is 428 g/mol. The van der Waals surface area contributed by atoms with E-state index in [1.807, 2.05) is 4.90 Å². The van der Waals surface area contributed by atoms with Crippen molar-refractivity contribution in [1.29, 1.82) is 0 Å². The zero-order valence-electron chi connectivity index (χ0n) is 18.7. The van der Waals surface area contributed by atoms with Crippen LogP contribution < -0.4 is 0 Å². The molecule has 0 aromatic heterocycles. The summed E-state index contributed by atoms with van der Waals surface area (Å²) in [5, 5.41) is 39.2. The fourth-order valence-corrected chi connectivity index (χ4v) is 6.01. The number of unbranched alkanes of at least 4 members (excludes halogenated alkanes) is 2. The SMILES string of the molecule is OC[C@@H]1[C@@H](O)[C@H](O)[C@@H](O)CN1CCCCCOCC1CCC(C2CCCCC2)CC1. The van der Waals surface area contributed by atoms with E-state index in [0.29, 0.717) is 13.1 Å². The molecule has 2 saturated carbocycles. The molecule has 0 radical (unpaired) electrons. The van der Waals surface area contributed by atoms with E-state index in [0.717, 1.165) is 50.2 Å². The minimum atomic E-state index is -1.18. The number of hydrogen-bond donors (Lipinski definition) is 4. The van der Waals surface area contributed by atoms with Gasteiger partial charge in [0.15, 0.2) is 0 Å². The Bertz CT molecular complexity index is 465. The van der Waals surface area contributed by atoms with Gasteiger partial charge in [-0.3, -0.25) is 4.90 Å². The molecule has 0 aromatic carbocycles. The Labute approximate surface area is 182 Å². The molecular formula is C24H45NO5. The van der Waals surface area contributed by atoms with Crippen LogP contribution in [0.2, 0.25) is 0 Å². The van der Waals surface area contributed by atoms with E-state index in [2.05, 4.69) is 0 Å². The molecule has 0 unspecified atom stereocenters. The van der Waals surface area contributed by atoms with E-state index in [9.17, 15) is 20.4 Å². The van der Waals surface area contributed by atoms with Crippen molar-refractivity contribution in [2.45, 2.75) is 101 Å².